The first kappa shape index (κ1) is 12.1. The molecule has 0 saturated carbocycles. The third-order valence-corrected chi connectivity index (χ3v) is 3.03. The first-order chi connectivity index (χ1) is 8.33. The van der Waals surface area contributed by atoms with Crippen molar-refractivity contribution in [3.05, 3.63) is 36.4 Å². The van der Waals surface area contributed by atoms with Gasteiger partial charge in [-0.2, -0.15) is 12.6 Å². The van der Waals surface area contributed by atoms with Crippen LogP contribution in [0.4, 0.5) is 5.69 Å². The summed E-state index contributed by atoms with van der Waals surface area (Å²) in [6, 6.07) is 12.5. The van der Waals surface area contributed by atoms with Crippen LogP contribution in [0.15, 0.2) is 36.4 Å². The fourth-order valence-corrected chi connectivity index (χ4v) is 1.93. The Morgan fingerprint density at radius 2 is 1.88 bits per heavy atom. The minimum atomic E-state index is 0.897. The molecule has 0 spiro atoms. The van der Waals surface area contributed by atoms with E-state index in [9.17, 15) is 0 Å². The largest absolute Gasteiger partial charge is 0.497 e. The number of anilines is 1. The van der Waals surface area contributed by atoms with Crippen molar-refractivity contribution < 1.29 is 4.74 Å². The van der Waals surface area contributed by atoms with Crippen molar-refractivity contribution in [1.82, 2.24) is 0 Å². The molecule has 1 N–H and O–H groups in total. The molecule has 0 saturated heterocycles. The molecule has 0 aliphatic carbocycles. The highest BCUT2D eigenvalue weighted by molar-refractivity contribution is 7.80. The van der Waals surface area contributed by atoms with E-state index in [1.165, 1.54) is 10.8 Å². The molecule has 3 heteroatoms. The van der Waals surface area contributed by atoms with E-state index >= 15 is 0 Å². The summed E-state index contributed by atoms with van der Waals surface area (Å²) >= 11 is 4.19. The van der Waals surface area contributed by atoms with Gasteiger partial charge in [-0.15, -0.1) is 0 Å². The summed E-state index contributed by atoms with van der Waals surface area (Å²) in [6.07, 6.45) is 1.07. The zero-order chi connectivity index (χ0) is 12.1. The Balaban J connectivity index is 2.19. The lowest BCUT2D eigenvalue weighted by atomic mass is 10.1. The second-order valence-electron chi connectivity index (χ2n) is 3.93. The Morgan fingerprint density at radius 3 is 2.65 bits per heavy atom. The number of rotatable bonds is 5. The minimum Gasteiger partial charge on any atom is -0.497 e. The lowest BCUT2D eigenvalue weighted by Gasteiger charge is -2.07. The Morgan fingerprint density at radius 1 is 1.12 bits per heavy atom. The Kier molecular flexibility index (Phi) is 4.15. The van der Waals surface area contributed by atoms with Crippen LogP contribution in [0.25, 0.3) is 10.8 Å². The van der Waals surface area contributed by atoms with Crippen molar-refractivity contribution >= 4 is 29.1 Å². The molecule has 2 aromatic rings. The van der Waals surface area contributed by atoms with Gasteiger partial charge in [-0.3, -0.25) is 0 Å². The molecule has 0 amide bonds. The predicted molar refractivity (Wildman–Crippen MR) is 77.5 cm³/mol. The predicted octanol–water partition coefficient (Wildman–Crippen LogP) is 3.58. The zero-order valence-electron chi connectivity index (χ0n) is 9.94. The van der Waals surface area contributed by atoms with Gasteiger partial charge in [0.25, 0.3) is 0 Å². The van der Waals surface area contributed by atoms with Crippen molar-refractivity contribution in [1.29, 1.82) is 0 Å². The summed E-state index contributed by atoms with van der Waals surface area (Å²) in [5.41, 5.74) is 1.16. The first-order valence-corrected chi connectivity index (χ1v) is 6.39. The average Bonchev–Trinajstić information content (AvgIpc) is 2.38. The Bertz CT molecular complexity index is 499. The molecule has 0 aliphatic rings. The second kappa shape index (κ2) is 5.82. The molecule has 0 aliphatic heterocycles. The van der Waals surface area contributed by atoms with E-state index in [1.54, 1.807) is 7.11 Å². The van der Waals surface area contributed by atoms with Gasteiger partial charge in [-0.25, -0.2) is 0 Å². The van der Waals surface area contributed by atoms with E-state index in [4.69, 9.17) is 4.74 Å². The van der Waals surface area contributed by atoms with Crippen LogP contribution in [0.1, 0.15) is 6.42 Å². The minimum absolute atomic E-state index is 0.897. The van der Waals surface area contributed by atoms with Gasteiger partial charge in [0.1, 0.15) is 5.75 Å². The topological polar surface area (TPSA) is 21.3 Å². The molecule has 0 atom stereocenters. The second-order valence-corrected chi connectivity index (χ2v) is 4.38. The lowest BCUT2D eigenvalue weighted by molar-refractivity contribution is 0.415. The summed E-state index contributed by atoms with van der Waals surface area (Å²) in [4.78, 5) is 0. The Hall–Kier alpha value is -1.35. The maximum Gasteiger partial charge on any atom is 0.119 e. The van der Waals surface area contributed by atoms with E-state index in [0.717, 1.165) is 30.2 Å². The fraction of sp³-hybridized carbons (Fsp3) is 0.286. The van der Waals surface area contributed by atoms with Gasteiger partial charge < -0.3 is 10.1 Å². The van der Waals surface area contributed by atoms with Gasteiger partial charge in [0.05, 0.1) is 7.11 Å². The standard InChI is InChI=1S/C14H17NOS/c1-16-14-6-4-11-9-13(15-7-2-8-17)5-3-12(11)10-14/h3-6,9-10,15,17H,2,7-8H2,1H3. The van der Waals surface area contributed by atoms with Crippen molar-refractivity contribution in [3.63, 3.8) is 0 Å². The summed E-state index contributed by atoms with van der Waals surface area (Å²) in [7, 11) is 1.69. The van der Waals surface area contributed by atoms with Gasteiger partial charge in [0.2, 0.25) is 0 Å². The van der Waals surface area contributed by atoms with Gasteiger partial charge in [0, 0.05) is 12.2 Å². The Labute approximate surface area is 107 Å². The van der Waals surface area contributed by atoms with Crippen molar-refractivity contribution in [2.75, 3.05) is 24.7 Å². The number of methoxy groups -OCH3 is 1. The van der Waals surface area contributed by atoms with Crippen molar-refractivity contribution in [2.45, 2.75) is 6.42 Å². The van der Waals surface area contributed by atoms with E-state index in [1.807, 2.05) is 12.1 Å². The molecule has 90 valence electrons. The average molecular weight is 247 g/mol. The summed E-state index contributed by atoms with van der Waals surface area (Å²) in [5.74, 6) is 1.81. The number of hydrogen-bond acceptors (Lipinski definition) is 3. The van der Waals surface area contributed by atoms with Crippen LogP contribution < -0.4 is 10.1 Å². The first-order valence-electron chi connectivity index (χ1n) is 5.76. The molecule has 2 nitrogen and oxygen atoms in total. The normalized spacial score (nSPS) is 10.5. The van der Waals surface area contributed by atoms with E-state index in [-0.39, 0.29) is 0 Å². The monoisotopic (exact) mass is 247 g/mol. The van der Waals surface area contributed by atoms with Crippen LogP contribution in [-0.2, 0) is 0 Å². The highest BCUT2D eigenvalue weighted by atomic mass is 32.1. The number of benzene rings is 2. The summed E-state index contributed by atoms with van der Waals surface area (Å²) in [5, 5.41) is 5.81. The van der Waals surface area contributed by atoms with Gasteiger partial charge >= 0.3 is 0 Å². The fourth-order valence-electron chi connectivity index (χ4n) is 1.77. The van der Waals surface area contributed by atoms with Crippen molar-refractivity contribution in [3.8, 4) is 5.75 Å². The number of fused-ring (bicyclic) bond motifs is 1. The smallest absolute Gasteiger partial charge is 0.119 e. The zero-order valence-corrected chi connectivity index (χ0v) is 10.8. The van der Waals surface area contributed by atoms with Crippen LogP contribution in [-0.4, -0.2) is 19.4 Å². The molecule has 17 heavy (non-hydrogen) atoms. The molecule has 0 aromatic heterocycles. The van der Waals surface area contributed by atoms with Crippen LogP contribution in [0.2, 0.25) is 0 Å². The van der Waals surface area contributed by atoms with Gasteiger partial charge in [-0.1, -0.05) is 12.1 Å². The van der Waals surface area contributed by atoms with E-state index < -0.39 is 0 Å². The summed E-state index contributed by atoms with van der Waals surface area (Å²) < 4.78 is 5.21. The molecule has 2 aromatic carbocycles. The lowest BCUT2D eigenvalue weighted by Crippen LogP contribution is -2.01. The number of thiol groups is 1. The van der Waals surface area contributed by atoms with E-state index in [0.29, 0.717) is 0 Å². The van der Waals surface area contributed by atoms with Gasteiger partial charge in [-0.05, 0) is 47.2 Å². The molecular weight excluding hydrogens is 230 g/mol. The highest BCUT2D eigenvalue weighted by Gasteiger charge is 1.98. The molecular formula is C14H17NOS. The third kappa shape index (κ3) is 3.07. The molecule has 0 fully saturated rings. The van der Waals surface area contributed by atoms with Crippen molar-refractivity contribution in [2.24, 2.45) is 0 Å². The van der Waals surface area contributed by atoms with Crippen LogP contribution in [0.5, 0.6) is 5.75 Å². The number of nitrogens with one attached hydrogen (secondary N) is 1. The van der Waals surface area contributed by atoms with Gasteiger partial charge in [0.15, 0.2) is 0 Å². The van der Waals surface area contributed by atoms with Crippen LogP contribution in [0.3, 0.4) is 0 Å². The molecule has 2 rings (SSSR count). The van der Waals surface area contributed by atoms with E-state index in [2.05, 4.69) is 42.2 Å². The maximum atomic E-state index is 5.21. The van der Waals surface area contributed by atoms with Crippen LogP contribution in [0, 0.1) is 0 Å². The number of ether oxygens (including phenoxy) is 1. The maximum absolute atomic E-state index is 5.21. The third-order valence-electron chi connectivity index (χ3n) is 2.71. The summed E-state index contributed by atoms with van der Waals surface area (Å²) in [6.45, 7) is 0.963. The molecule has 0 unspecified atom stereocenters. The highest BCUT2D eigenvalue weighted by Crippen LogP contribution is 2.23. The molecule has 0 radical (unpaired) electrons. The molecule has 0 heterocycles. The molecule has 0 bridgehead atoms. The van der Waals surface area contributed by atoms with Crippen LogP contribution >= 0.6 is 12.6 Å². The SMILES string of the molecule is COc1ccc2cc(NCCCS)ccc2c1. The quantitative estimate of drug-likeness (QED) is 0.622. The number of hydrogen-bond donors (Lipinski definition) is 2.